The van der Waals surface area contributed by atoms with E-state index in [1.165, 1.54) is 10.9 Å². The van der Waals surface area contributed by atoms with Crippen molar-refractivity contribution < 1.29 is 4.79 Å². The minimum absolute atomic E-state index is 0.0479. The number of rotatable bonds is 6. The van der Waals surface area contributed by atoms with Gasteiger partial charge in [-0.15, -0.1) is 6.58 Å². The summed E-state index contributed by atoms with van der Waals surface area (Å²) < 4.78 is 0. The lowest BCUT2D eigenvalue weighted by atomic mass is 9.72. The highest BCUT2D eigenvalue weighted by atomic mass is 35.5. The molecule has 0 unspecified atom stereocenters. The van der Waals surface area contributed by atoms with E-state index in [4.69, 9.17) is 11.6 Å². The molecule has 4 rings (SSSR count). The average Bonchev–Trinajstić information content (AvgIpc) is 2.79. The topological polar surface area (TPSA) is 42.0 Å². The molecule has 1 amide bonds. The Kier molecular flexibility index (Phi) is 6.49. The summed E-state index contributed by atoms with van der Waals surface area (Å²) in [6.07, 6.45) is 8.79. The third-order valence-electron chi connectivity index (χ3n) is 6.33. The quantitative estimate of drug-likeness (QED) is 0.438. The number of benzene rings is 2. The second kappa shape index (κ2) is 9.44. The molecule has 0 spiro atoms. The second-order valence-electron chi connectivity index (χ2n) is 8.16. The predicted molar refractivity (Wildman–Crippen MR) is 125 cm³/mol. The summed E-state index contributed by atoms with van der Waals surface area (Å²) in [5.41, 5.74) is 3.24. The zero-order valence-electron chi connectivity index (χ0n) is 17.1. The molecule has 3 nitrogen and oxygen atoms in total. The van der Waals surface area contributed by atoms with E-state index in [1.54, 1.807) is 12.1 Å². The Balaban J connectivity index is 1.44. The highest BCUT2D eigenvalue weighted by molar-refractivity contribution is 6.30. The molecular weight excluding hydrogens is 392 g/mol. The van der Waals surface area contributed by atoms with Crippen molar-refractivity contribution in [2.75, 3.05) is 5.32 Å². The Morgan fingerprint density at radius 2 is 1.83 bits per heavy atom. The minimum atomic E-state index is -0.0479. The van der Waals surface area contributed by atoms with Crippen molar-refractivity contribution in [3.05, 3.63) is 84.0 Å². The van der Waals surface area contributed by atoms with E-state index in [9.17, 15) is 4.79 Å². The van der Waals surface area contributed by atoms with Crippen molar-refractivity contribution >= 4 is 34.1 Å². The Hall–Kier alpha value is -2.65. The van der Waals surface area contributed by atoms with E-state index in [0.29, 0.717) is 23.3 Å². The van der Waals surface area contributed by atoms with E-state index in [1.807, 2.05) is 30.5 Å². The number of anilines is 1. The summed E-state index contributed by atoms with van der Waals surface area (Å²) in [5.74, 6) is 0.931. The predicted octanol–water partition coefficient (Wildman–Crippen LogP) is 6.99. The molecule has 0 bridgehead atoms. The maximum absolute atomic E-state index is 13.0. The number of pyridine rings is 1. The Morgan fingerprint density at radius 1 is 1.10 bits per heavy atom. The van der Waals surface area contributed by atoms with Crippen molar-refractivity contribution in [2.24, 2.45) is 11.8 Å². The van der Waals surface area contributed by atoms with Crippen LogP contribution in [0, 0.1) is 11.8 Å². The molecule has 154 valence electrons. The van der Waals surface area contributed by atoms with E-state index in [2.05, 4.69) is 41.1 Å². The molecule has 3 aromatic rings. The largest absolute Gasteiger partial charge is 0.326 e. The van der Waals surface area contributed by atoms with Gasteiger partial charge in [0.1, 0.15) is 0 Å². The first kappa shape index (κ1) is 20.6. The fourth-order valence-electron chi connectivity index (χ4n) is 4.77. The van der Waals surface area contributed by atoms with Crippen molar-refractivity contribution in [2.45, 2.75) is 38.0 Å². The molecular formula is C26H27ClN2O. The summed E-state index contributed by atoms with van der Waals surface area (Å²) in [4.78, 5) is 17.5. The van der Waals surface area contributed by atoms with Crippen LogP contribution in [0.3, 0.4) is 0 Å². The van der Waals surface area contributed by atoms with Crippen LogP contribution in [0.5, 0.6) is 0 Å². The Bertz CT molecular complexity index is 1020. The fraction of sp³-hybridized carbons (Fsp3) is 0.308. The summed E-state index contributed by atoms with van der Waals surface area (Å²) in [6.45, 7) is 3.89. The second-order valence-corrected chi connectivity index (χ2v) is 8.59. The zero-order valence-corrected chi connectivity index (χ0v) is 17.8. The summed E-state index contributed by atoms with van der Waals surface area (Å²) >= 11 is 5.95. The fourth-order valence-corrected chi connectivity index (χ4v) is 4.89. The third kappa shape index (κ3) is 4.57. The molecule has 1 fully saturated rings. The molecule has 4 heteroatoms. The van der Waals surface area contributed by atoms with E-state index < -0.39 is 0 Å². The highest BCUT2D eigenvalue weighted by Gasteiger charge is 2.32. The Morgan fingerprint density at radius 3 is 2.57 bits per heavy atom. The molecule has 1 atom stereocenters. The van der Waals surface area contributed by atoms with Gasteiger partial charge in [0.2, 0.25) is 5.91 Å². The van der Waals surface area contributed by atoms with Gasteiger partial charge in [-0.25, -0.2) is 0 Å². The van der Waals surface area contributed by atoms with E-state index in [0.717, 1.165) is 36.9 Å². The number of carbonyl (C=O) groups is 1. The number of para-hydroxylation sites is 1. The van der Waals surface area contributed by atoms with Crippen molar-refractivity contribution in [1.82, 2.24) is 4.98 Å². The smallest absolute Gasteiger partial charge is 0.228 e. The number of hydrogen-bond acceptors (Lipinski definition) is 2. The van der Waals surface area contributed by atoms with Crippen molar-refractivity contribution in [3.63, 3.8) is 0 Å². The van der Waals surface area contributed by atoms with Gasteiger partial charge in [0, 0.05) is 28.2 Å². The number of carbonyl (C=O) groups excluding carboxylic acids is 1. The molecule has 1 N–H and O–H groups in total. The lowest BCUT2D eigenvalue weighted by molar-refractivity contribution is -0.121. The monoisotopic (exact) mass is 418 g/mol. The van der Waals surface area contributed by atoms with Gasteiger partial charge >= 0.3 is 0 Å². The maximum atomic E-state index is 13.0. The van der Waals surface area contributed by atoms with Crippen LogP contribution >= 0.6 is 11.6 Å². The molecule has 0 radical (unpaired) electrons. The lowest BCUT2D eigenvalue weighted by Gasteiger charge is -2.33. The van der Waals surface area contributed by atoms with Crippen LogP contribution in [0.4, 0.5) is 5.69 Å². The number of amides is 1. The zero-order chi connectivity index (χ0) is 20.9. The number of fused-ring (bicyclic) bond motifs is 1. The number of nitrogens with zero attached hydrogens (tertiary/aromatic N) is 1. The molecule has 1 heterocycles. The van der Waals surface area contributed by atoms with Crippen LogP contribution < -0.4 is 5.32 Å². The van der Waals surface area contributed by atoms with Gasteiger partial charge in [-0.1, -0.05) is 35.9 Å². The number of hydrogen-bond donors (Lipinski definition) is 1. The van der Waals surface area contributed by atoms with Crippen LogP contribution in [0.25, 0.3) is 10.9 Å². The summed E-state index contributed by atoms with van der Waals surface area (Å²) in [7, 11) is 0. The normalized spacial score (nSPS) is 19.9. The van der Waals surface area contributed by atoms with E-state index in [-0.39, 0.29) is 11.8 Å². The van der Waals surface area contributed by atoms with Gasteiger partial charge in [-0.3, -0.25) is 9.78 Å². The number of allylic oxidation sites excluding steroid dienone is 1. The first-order chi connectivity index (χ1) is 14.7. The van der Waals surface area contributed by atoms with Gasteiger partial charge in [-0.2, -0.15) is 0 Å². The SMILES string of the molecule is C=CC[C@@H](C(=O)Nc1ccc(Cl)cc1)C1CCC(c2ccnc3ccccc23)CC1. The van der Waals surface area contributed by atoms with E-state index >= 15 is 0 Å². The molecule has 0 aliphatic heterocycles. The van der Waals surface area contributed by atoms with Crippen molar-refractivity contribution in [3.8, 4) is 0 Å². The van der Waals surface area contributed by atoms with Crippen LogP contribution in [0.1, 0.15) is 43.6 Å². The molecule has 30 heavy (non-hydrogen) atoms. The third-order valence-corrected chi connectivity index (χ3v) is 6.58. The lowest BCUT2D eigenvalue weighted by Crippen LogP contribution is -2.31. The summed E-state index contributed by atoms with van der Waals surface area (Å²) in [6, 6.07) is 17.8. The molecule has 1 saturated carbocycles. The van der Waals surface area contributed by atoms with Gasteiger partial charge < -0.3 is 5.32 Å². The number of nitrogens with one attached hydrogen (secondary N) is 1. The van der Waals surface area contributed by atoms with Crippen LogP contribution in [0.15, 0.2) is 73.4 Å². The summed E-state index contributed by atoms with van der Waals surface area (Å²) in [5, 5.41) is 4.99. The average molecular weight is 419 g/mol. The molecule has 0 saturated heterocycles. The Labute approximate surface area is 183 Å². The van der Waals surface area contributed by atoms with Crippen molar-refractivity contribution in [1.29, 1.82) is 0 Å². The van der Waals surface area contributed by atoms with Crippen LogP contribution in [0.2, 0.25) is 5.02 Å². The molecule has 1 aliphatic carbocycles. The standard InChI is InChI=1S/C26H27ClN2O/c1-2-5-23(26(30)29-21-14-12-20(27)13-15-21)19-10-8-18(9-11-19)22-16-17-28-25-7-4-3-6-24(22)25/h2-4,6-7,12-19,23H,1,5,8-11H2,(H,29,30)/t18?,19?,23-/m1/s1. The van der Waals surface area contributed by atoms with Crippen LogP contribution in [-0.4, -0.2) is 10.9 Å². The highest BCUT2D eigenvalue weighted by Crippen LogP contribution is 2.41. The van der Waals surface area contributed by atoms with Crippen LogP contribution in [-0.2, 0) is 4.79 Å². The van der Waals surface area contributed by atoms with Gasteiger partial charge in [-0.05, 0) is 85.9 Å². The molecule has 1 aliphatic rings. The number of aromatic nitrogens is 1. The number of halogens is 1. The first-order valence-electron chi connectivity index (χ1n) is 10.7. The maximum Gasteiger partial charge on any atom is 0.228 e. The minimum Gasteiger partial charge on any atom is -0.326 e. The first-order valence-corrected chi connectivity index (χ1v) is 11.0. The molecule has 1 aromatic heterocycles. The van der Waals surface area contributed by atoms with Gasteiger partial charge in [0.25, 0.3) is 0 Å². The van der Waals surface area contributed by atoms with Gasteiger partial charge in [0.15, 0.2) is 0 Å². The molecule has 2 aromatic carbocycles. The van der Waals surface area contributed by atoms with Gasteiger partial charge in [0.05, 0.1) is 5.52 Å².